The first kappa shape index (κ1) is 8.70. The fraction of sp³-hybridized carbons (Fsp3) is 0. The fourth-order valence-corrected chi connectivity index (χ4v) is 0.677. The molecule has 68 valence electrons. The average Bonchev–Trinajstić information content (AvgIpc) is 2.46. The van der Waals surface area contributed by atoms with Gasteiger partial charge in [-0.05, 0) is 4.92 Å². The Kier molecular flexibility index (Phi) is 1.96. The Morgan fingerprint density at radius 1 is 1.31 bits per heavy atom. The van der Waals surface area contributed by atoms with Crippen molar-refractivity contribution in [1.29, 1.82) is 0 Å². The Hall–Kier alpha value is -2.39. The van der Waals surface area contributed by atoms with E-state index in [2.05, 4.69) is 10.3 Å². The number of aromatic amines is 1. The molecule has 0 atom stereocenters. The van der Waals surface area contributed by atoms with Gasteiger partial charge in [-0.3, -0.25) is 10.1 Å². The predicted octanol–water partition coefficient (Wildman–Crippen LogP) is 0.624. The van der Waals surface area contributed by atoms with Crippen molar-refractivity contribution in [1.82, 2.24) is 10.2 Å². The zero-order chi connectivity index (χ0) is 10.0. The van der Waals surface area contributed by atoms with Crippen LogP contribution in [0.1, 0.15) is 0 Å². The molecule has 0 fully saturated rings. The highest BCUT2D eigenvalue weighted by Gasteiger charge is 2.33. The van der Waals surface area contributed by atoms with Crippen LogP contribution in [0.15, 0.2) is 5.18 Å². The first-order valence-electron chi connectivity index (χ1n) is 2.78. The number of rotatable bonds is 3. The second-order valence-corrected chi connectivity index (χ2v) is 1.85. The second-order valence-electron chi connectivity index (χ2n) is 1.85. The Bertz CT molecular complexity index is 382. The molecule has 13 heavy (non-hydrogen) atoms. The maximum absolute atomic E-state index is 10.2. The SMILES string of the molecule is O=Nc1n[nH]c([N+](=O)[O-])c1[N+](=O)[O-]. The summed E-state index contributed by atoms with van der Waals surface area (Å²) in [6, 6.07) is 0. The molecule has 1 heterocycles. The molecule has 0 aliphatic carbocycles. The highest BCUT2D eigenvalue weighted by Crippen LogP contribution is 2.33. The molecule has 1 aromatic rings. The second kappa shape index (κ2) is 2.92. The molecule has 10 heteroatoms. The van der Waals surface area contributed by atoms with E-state index < -0.39 is 27.2 Å². The molecular formula is C3HN5O5. The van der Waals surface area contributed by atoms with Gasteiger partial charge in [-0.2, -0.15) is 0 Å². The van der Waals surface area contributed by atoms with E-state index in [0.717, 1.165) is 0 Å². The number of nitrogens with zero attached hydrogens (tertiary/aromatic N) is 4. The minimum absolute atomic E-state index is 0.836. The number of nitroso groups, excluding NO2 is 1. The smallest absolute Gasteiger partial charge is 0.358 e. The molecule has 0 saturated heterocycles. The number of aromatic nitrogens is 2. The molecule has 0 bridgehead atoms. The van der Waals surface area contributed by atoms with Gasteiger partial charge in [0.15, 0.2) is 0 Å². The van der Waals surface area contributed by atoms with Gasteiger partial charge < -0.3 is 10.1 Å². The van der Waals surface area contributed by atoms with Crippen LogP contribution in [0.5, 0.6) is 0 Å². The quantitative estimate of drug-likeness (QED) is 0.417. The number of hydrogen-bond acceptors (Lipinski definition) is 7. The summed E-state index contributed by atoms with van der Waals surface area (Å²) in [5, 5.41) is 27.2. The molecule has 1 N–H and O–H groups in total. The van der Waals surface area contributed by atoms with Gasteiger partial charge in [-0.1, -0.05) is 5.10 Å². The van der Waals surface area contributed by atoms with E-state index in [1.165, 1.54) is 0 Å². The van der Waals surface area contributed by atoms with E-state index in [-0.39, 0.29) is 0 Å². The third kappa shape index (κ3) is 1.31. The van der Waals surface area contributed by atoms with Crippen LogP contribution >= 0.6 is 0 Å². The molecule has 0 unspecified atom stereocenters. The monoisotopic (exact) mass is 187 g/mol. The number of hydrogen-bond donors (Lipinski definition) is 1. The van der Waals surface area contributed by atoms with E-state index in [1.54, 1.807) is 5.10 Å². The van der Waals surface area contributed by atoms with Crippen LogP contribution in [0.4, 0.5) is 17.3 Å². The summed E-state index contributed by atoms with van der Waals surface area (Å²) in [4.78, 5) is 28.1. The Labute approximate surface area is 68.8 Å². The normalized spacial score (nSPS) is 9.54. The Balaban J connectivity index is 3.38. The lowest BCUT2D eigenvalue weighted by Crippen LogP contribution is -1.94. The molecule has 10 nitrogen and oxygen atoms in total. The molecule has 0 radical (unpaired) electrons. The summed E-state index contributed by atoms with van der Waals surface area (Å²) in [6.07, 6.45) is 0. The van der Waals surface area contributed by atoms with E-state index in [9.17, 15) is 25.1 Å². The van der Waals surface area contributed by atoms with Crippen molar-refractivity contribution < 1.29 is 9.85 Å². The molecule has 0 aliphatic heterocycles. The van der Waals surface area contributed by atoms with Crippen molar-refractivity contribution in [2.45, 2.75) is 0 Å². The summed E-state index contributed by atoms with van der Waals surface area (Å²) >= 11 is 0. The van der Waals surface area contributed by atoms with Crippen LogP contribution in [0.25, 0.3) is 0 Å². The molecule has 0 spiro atoms. The van der Waals surface area contributed by atoms with Gasteiger partial charge in [0.2, 0.25) is 0 Å². The Morgan fingerprint density at radius 3 is 2.31 bits per heavy atom. The average molecular weight is 187 g/mol. The molecule has 1 rings (SSSR count). The lowest BCUT2D eigenvalue weighted by atomic mass is 10.5. The van der Waals surface area contributed by atoms with Crippen LogP contribution in [0, 0.1) is 25.1 Å². The molecular weight excluding hydrogens is 186 g/mol. The number of nitro groups is 2. The third-order valence-corrected chi connectivity index (χ3v) is 1.16. The minimum atomic E-state index is -1.10. The summed E-state index contributed by atoms with van der Waals surface area (Å²) < 4.78 is 0. The van der Waals surface area contributed by atoms with Crippen molar-refractivity contribution in [3.63, 3.8) is 0 Å². The summed E-state index contributed by atoms with van der Waals surface area (Å²) in [5.41, 5.74) is -1.03. The standard InChI is InChI=1S/C3HN5O5/c9-6-2-1(7(10)11)3(5-4-2)8(12)13/h(H,4,5). The number of nitrogens with one attached hydrogen (secondary N) is 1. The van der Waals surface area contributed by atoms with Crippen molar-refractivity contribution in [3.8, 4) is 0 Å². The lowest BCUT2D eigenvalue weighted by molar-refractivity contribution is -0.424. The van der Waals surface area contributed by atoms with Crippen molar-refractivity contribution >= 4 is 17.3 Å². The van der Waals surface area contributed by atoms with Crippen molar-refractivity contribution in [2.24, 2.45) is 5.18 Å². The van der Waals surface area contributed by atoms with E-state index >= 15 is 0 Å². The maximum atomic E-state index is 10.2. The minimum Gasteiger partial charge on any atom is -0.358 e. The first-order valence-corrected chi connectivity index (χ1v) is 2.78. The lowest BCUT2D eigenvalue weighted by Gasteiger charge is -1.87. The zero-order valence-corrected chi connectivity index (χ0v) is 5.83. The molecule has 0 aliphatic rings. The van der Waals surface area contributed by atoms with Crippen LogP contribution < -0.4 is 0 Å². The molecule has 0 aromatic carbocycles. The summed E-state index contributed by atoms with van der Waals surface area (Å²) in [7, 11) is 0. The molecule has 1 aromatic heterocycles. The van der Waals surface area contributed by atoms with Gasteiger partial charge in [0.1, 0.15) is 0 Å². The summed E-state index contributed by atoms with van der Waals surface area (Å²) in [5.74, 6) is -1.80. The van der Waals surface area contributed by atoms with E-state index in [4.69, 9.17) is 0 Å². The van der Waals surface area contributed by atoms with E-state index in [0.29, 0.717) is 0 Å². The first-order chi connectivity index (χ1) is 6.07. The highest BCUT2D eigenvalue weighted by molar-refractivity contribution is 5.61. The van der Waals surface area contributed by atoms with Crippen LogP contribution in [0.2, 0.25) is 0 Å². The number of H-pyrrole nitrogens is 1. The largest absolute Gasteiger partial charge is 0.424 e. The van der Waals surface area contributed by atoms with Crippen molar-refractivity contribution in [2.75, 3.05) is 0 Å². The van der Waals surface area contributed by atoms with Crippen LogP contribution in [-0.2, 0) is 0 Å². The molecule has 0 saturated carbocycles. The third-order valence-electron chi connectivity index (χ3n) is 1.16. The van der Waals surface area contributed by atoms with Crippen molar-refractivity contribution in [3.05, 3.63) is 25.1 Å². The van der Waals surface area contributed by atoms with Gasteiger partial charge in [0.25, 0.3) is 0 Å². The zero-order valence-electron chi connectivity index (χ0n) is 5.83. The molecule has 0 amide bonds. The van der Waals surface area contributed by atoms with E-state index in [1.807, 2.05) is 0 Å². The van der Waals surface area contributed by atoms with Crippen LogP contribution in [-0.4, -0.2) is 20.0 Å². The topological polar surface area (TPSA) is 144 Å². The highest BCUT2D eigenvalue weighted by atomic mass is 16.6. The predicted molar refractivity (Wildman–Crippen MR) is 37.4 cm³/mol. The van der Waals surface area contributed by atoms with Gasteiger partial charge in [-0.25, -0.2) is 0 Å². The van der Waals surface area contributed by atoms with Gasteiger partial charge in [-0.15, -0.1) is 10.0 Å². The Morgan fingerprint density at radius 2 is 1.92 bits per heavy atom. The summed E-state index contributed by atoms with van der Waals surface area (Å²) in [6.45, 7) is 0. The van der Waals surface area contributed by atoms with Gasteiger partial charge in [0, 0.05) is 5.18 Å². The maximum Gasteiger partial charge on any atom is 0.424 e. The van der Waals surface area contributed by atoms with Gasteiger partial charge >= 0.3 is 17.3 Å². The fourth-order valence-electron chi connectivity index (χ4n) is 0.677. The van der Waals surface area contributed by atoms with Gasteiger partial charge in [0.05, 0.1) is 4.92 Å². The van der Waals surface area contributed by atoms with Crippen LogP contribution in [0.3, 0.4) is 0 Å².